The highest BCUT2D eigenvalue weighted by Crippen LogP contribution is 2.24. The highest BCUT2D eigenvalue weighted by Gasteiger charge is 2.10. The number of hydrogen-bond acceptors (Lipinski definition) is 0. The van der Waals surface area contributed by atoms with Crippen molar-refractivity contribution in [1.82, 2.24) is 0 Å². The third kappa shape index (κ3) is 3.89. The zero-order chi connectivity index (χ0) is 12.3. The quantitative estimate of drug-likeness (QED) is 0.513. The first-order chi connectivity index (χ1) is 8.13. The molecule has 17 heavy (non-hydrogen) atoms. The van der Waals surface area contributed by atoms with E-state index in [-0.39, 0.29) is 5.38 Å². The normalized spacial score (nSPS) is 20.9. The highest BCUT2D eigenvalue weighted by molar-refractivity contribution is 6.21. The van der Waals surface area contributed by atoms with Crippen molar-refractivity contribution in [1.29, 1.82) is 0 Å². The van der Waals surface area contributed by atoms with E-state index in [2.05, 4.69) is 38.1 Å². The summed E-state index contributed by atoms with van der Waals surface area (Å²) in [5.41, 5.74) is 5.67. The van der Waals surface area contributed by atoms with Crippen molar-refractivity contribution >= 4 is 11.6 Å². The summed E-state index contributed by atoms with van der Waals surface area (Å²) in [5, 5.41) is 0.249. The van der Waals surface area contributed by atoms with Crippen LogP contribution in [0.5, 0.6) is 0 Å². The molecule has 0 aliphatic heterocycles. The first kappa shape index (κ1) is 12.7. The molecular weight excluding hydrogens is 228 g/mol. The molecule has 1 heteroatoms. The Balaban J connectivity index is 2.13. The van der Waals surface area contributed by atoms with E-state index in [9.17, 15) is 0 Å². The van der Waals surface area contributed by atoms with E-state index < -0.39 is 0 Å². The van der Waals surface area contributed by atoms with E-state index in [1.54, 1.807) is 0 Å². The Morgan fingerprint density at radius 2 is 1.82 bits per heavy atom. The molecule has 0 saturated heterocycles. The average molecular weight is 249 g/mol. The van der Waals surface area contributed by atoms with Crippen LogP contribution in [-0.4, -0.2) is 5.38 Å². The van der Waals surface area contributed by atoms with Crippen LogP contribution in [0.15, 0.2) is 29.8 Å². The molecule has 0 nitrogen and oxygen atoms in total. The number of halogens is 1. The zero-order valence-electron chi connectivity index (χ0n) is 10.8. The van der Waals surface area contributed by atoms with Crippen LogP contribution >= 0.6 is 11.6 Å². The van der Waals surface area contributed by atoms with E-state index >= 15 is 0 Å². The van der Waals surface area contributed by atoms with Gasteiger partial charge in [0.1, 0.15) is 0 Å². The molecule has 1 aromatic rings. The molecule has 1 aliphatic rings. The molecule has 0 N–H and O–H groups in total. The van der Waals surface area contributed by atoms with Crippen LogP contribution in [0, 0.1) is 13.8 Å². The fraction of sp³-hybridized carbons (Fsp3) is 0.500. The minimum atomic E-state index is 0.249. The van der Waals surface area contributed by atoms with Crippen molar-refractivity contribution in [2.45, 2.75) is 51.3 Å². The van der Waals surface area contributed by atoms with Gasteiger partial charge in [0.05, 0.1) is 5.38 Å². The topological polar surface area (TPSA) is 0 Å². The molecule has 1 unspecified atom stereocenters. The molecule has 1 aliphatic carbocycles. The fourth-order valence-electron chi connectivity index (χ4n) is 2.69. The Morgan fingerprint density at radius 1 is 1.12 bits per heavy atom. The van der Waals surface area contributed by atoms with Gasteiger partial charge in [-0.3, -0.25) is 0 Å². The molecule has 0 heterocycles. The first-order valence-corrected chi connectivity index (χ1v) is 6.98. The van der Waals surface area contributed by atoms with Crippen molar-refractivity contribution in [3.05, 3.63) is 46.5 Å². The molecule has 92 valence electrons. The Hall–Kier alpha value is -0.750. The fourth-order valence-corrected chi connectivity index (χ4v) is 3.03. The largest absolute Gasteiger partial charge is 0.118 e. The van der Waals surface area contributed by atoms with Crippen molar-refractivity contribution in [3.63, 3.8) is 0 Å². The zero-order valence-corrected chi connectivity index (χ0v) is 11.6. The summed E-state index contributed by atoms with van der Waals surface area (Å²) in [7, 11) is 0. The number of aryl methyl sites for hydroxylation is 2. The van der Waals surface area contributed by atoms with E-state index in [0.29, 0.717) is 0 Å². The molecule has 2 rings (SSSR count). The second-order valence-electron chi connectivity index (χ2n) is 5.26. The number of hydrogen-bond donors (Lipinski definition) is 0. The van der Waals surface area contributed by atoms with E-state index in [4.69, 9.17) is 11.6 Å². The summed E-state index contributed by atoms with van der Waals surface area (Å²) >= 11 is 6.27. The molecule has 0 aromatic heterocycles. The van der Waals surface area contributed by atoms with Gasteiger partial charge in [-0.15, -0.1) is 11.6 Å². The van der Waals surface area contributed by atoms with E-state index in [1.807, 2.05) is 0 Å². The Bertz CT molecular complexity index is 397. The van der Waals surface area contributed by atoms with Crippen molar-refractivity contribution in [3.8, 4) is 0 Å². The van der Waals surface area contributed by atoms with Crippen LogP contribution in [0.2, 0.25) is 0 Å². The van der Waals surface area contributed by atoms with Crippen LogP contribution in [-0.2, 0) is 6.42 Å². The predicted octanol–water partition coefficient (Wildman–Crippen LogP) is 4.95. The molecule has 0 fully saturated rings. The maximum absolute atomic E-state index is 6.27. The molecule has 0 amide bonds. The van der Waals surface area contributed by atoms with Crippen LogP contribution in [0.1, 0.15) is 42.4 Å². The maximum atomic E-state index is 6.27. The molecule has 1 aromatic carbocycles. The van der Waals surface area contributed by atoms with Crippen molar-refractivity contribution in [2.75, 3.05) is 0 Å². The molecule has 0 radical (unpaired) electrons. The lowest BCUT2D eigenvalue weighted by atomic mass is 9.98. The Morgan fingerprint density at radius 3 is 2.53 bits per heavy atom. The van der Waals surface area contributed by atoms with Gasteiger partial charge in [-0.05, 0) is 45.1 Å². The summed E-state index contributed by atoms with van der Waals surface area (Å²) in [6, 6.07) is 6.82. The van der Waals surface area contributed by atoms with Gasteiger partial charge in [-0.1, -0.05) is 47.4 Å². The lowest BCUT2D eigenvalue weighted by Crippen LogP contribution is -1.95. The van der Waals surface area contributed by atoms with Crippen LogP contribution in [0.3, 0.4) is 0 Å². The summed E-state index contributed by atoms with van der Waals surface area (Å²) in [4.78, 5) is 0. The van der Waals surface area contributed by atoms with Crippen LogP contribution in [0.4, 0.5) is 0 Å². The van der Waals surface area contributed by atoms with Gasteiger partial charge in [0.25, 0.3) is 0 Å². The number of alkyl halides is 1. The Kier molecular flexibility index (Phi) is 4.28. The van der Waals surface area contributed by atoms with Crippen molar-refractivity contribution in [2.24, 2.45) is 0 Å². The minimum Gasteiger partial charge on any atom is -0.118 e. The van der Waals surface area contributed by atoms with Gasteiger partial charge >= 0.3 is 0 Å². The minimum absolute atomic E-state index is 0.249. The Labute approximate surface area is 110 Å². The van der Waals surface area contributed by atoms with Gasteiger partial charge in [0.2, 0.25) is 0 Å². The molecular formula is C16H21Cl. The van der Waals surface area contributed by atoms with Gasteiger partial charge in [0.15, 0.2) is 0 Å². The highest BCUT2D eigenvalue weighted by atomic mass is 35.5. The lowest BCUT2D eigenvalue weighted by molar-refractivity contribution is 0.710. The summed E-state index contributed by atoms with van der Waals surface area (Å²) < 4.78 is 0. The first-order valence-electron chi connectivity index (χ1n) is 6.54. The van der Waals surface area contributed by atoms with Gasteiger partial charge in [0, 0.05) is 0 Å². The monoisotopic (exact) mass is 248 g/mol. The van der Waals surface area contributed by atoms with E-state index in [1.165, 1.54) is 41.5 Å². The summed E-state index contributed by atoms with van der Waals surface area (Å²) in [6.45, 7) is 4.34. The van der Waals surface area contributed by atoms with Crippen LogP contribution < -0.4 is 0 Å². The predicted molar refractivity (Wildman–Crippen MR) is 75.8 cm³/mol. The van der Waals surface area contributed by atoms with Crippen LogP contribution in [0.25, 0.3) is 0 Å². The number of rotatable bonds is 2. The molecule has 0 bridgehead atoms. The second kappa shape index (κ2) is 5.73. The molecule has 0 saturated carbocycles. The number of benzene rings is 1. The third-order valence-corrected chi connectivity index (χ3v) is 3.70. The summed E-state index contributed by atoms with van der Waals surface area (Å²) in [6.07, 6.45) is 8.27. The second-order valence-corrected chi connectivity index (χ2v) is 5.82. The smallest absolute Gasteiger partial charge is 0.0518 e. The van der Waals surface area contributed by atoms with Crippen molar-refractivity contribution < 1.29 is 0 Å². The molecule has 0 spiro atoms. The standard InChI is InChI=1S/C16H21Cl/c1-12-7-13(2)9-15(8-12)10-14-5-3-4-6-16(17)11-14/h7-9,11,16H,3-6,10H2,1-2H3. The average Bonchev–Trinajstić information content (AvgIpc) is 2.41. The van der Waals surface area contributed by atoms with Gasteiger partial charge in [-0.25, -0.2) is 0 Å². The van der Waals surface area contributed by atoms with Gasteiger partial charge < -0.3 is 0 Å². The lowest BCUT2D eigenvalue weighted by Gasteiger charge is -2.08. The molecule has 1 atom stereocenters. The SMILES string of the molecule is Cc1cc(C)cc(CC2=CC(Cl)CCCC2)c1. The van der Waals surface area contributed by atoms with E-state index in [0.717, 1.165) is 12.8 Å². The third-order valence-electron chi connectivity index (χ3n) is 3.36. The number of allylic oxidation sites excluding steroid dienone is 2. The van der Waals surface area contributed by atoms with Gasteiger partial charge in [-0.2, -0.15) is 0 Å². The summed E-state index contributed by atoms with van der Waals surface area (Å²) in [5.74, 6) is 0. The maximum Gasteiger partial charge on any atom is 0.0518 e.